The van der Waals surface area contributed by atoms with Gasteiger partial charge in [-0.2, -0.15) is 5.10 Å². The van der Waals surface area contributed by atoms with Crippen LogP contribution in [-0.4, -0.2) is 63.3 Å². The predicted molar refractivity (Wildman–Crippen MR) is 149 cm³/mol. The topological polar surface area (TPSA) is 96.3 Å². The van der Waals surface area contributed by atoms with Crippen LogP contribution in [0.3, 0.4) is 0 Å². The molecule has 0 saturated carbocycles. The number of piperazine rings is 1. The van der Waals surface area contributed by atoms with E-state index in [4.69, 9.17) is 9.72 Å². The van der Waals surface area contributed by atoms with Crippen molar-refractivity contribution in [1.82, 2.24) is 24.6 Å². The average molecular weight is 515 g/mol. The summed E-state index contributed by atoms with van der Waals surface area (Å²) in [7, 11) is 1.75. The van der Waals surface area contributed by atoms with Gasteiger partial charge in [0.05, 0.1) is 17.9 Å². The van der Waals surface area contributed by atoms with Gasteiger partial charge in [0.15, 0.2) is 5.52 Å². The summed E-state index contributed by atoms with van der Waals surface area (Å²) in [5.74, 6) is 0.917. The number of para-hydroxylation sites is 1. The summed E-state index contributed by atoms with van der Waals surface area (Å²) in [5, 5.41) is 4.52. The number of nitrogens with one attached hydrogen (secondary N) is 1. The molecule has 1 amide bonds. The summed E-state index contributed by atoms with van der Waals surface area (Å²) < 4.78 is 7.59. The molecular weight excluding hydrogens is 480 g/mol. The Bertz CT molecular complexity index is 1490. The minimum absolute atomic E-state index is 0.0440. The fraction of sp³-hybridized carbons (Fsp3) is 0.379. The number of aromatic amines is 1. The summed E-state index contributed by atoms with van der Waals surface area (Å²) in [4.78, 5) is 38.5. The van der Waals surface area contributed by atoms with Crippen molar-refractivity contribution < 1.29 is 9.53 Å². The molecule has 0 spiro atoms. The van der Waals surface area contributed by atoms with Gasteiger partial charge in [0.2, 0.25) is 0 Å². The van der Waals surface area contributed by atoms with Crippen molar-refractivity contribution in [3.8, 4) is 17.1 Å². The van der Waals surface area contributed by atoms with E-state index in [2.05, 4.69) is 34.0 Å². The Morgan fingerprint density at radius 3 is 2.50 bits per heavy atom. The van der Waals surface area contributed by atoms with Crippen molar-refractivity contribution in [3.05, 3.63) is 70.1 Å². The average Bonchev–Trinajstić information content (AvgIpc) is 3.27. The number of rotatable bonds is 8. The maximum atomic E-state index is 13.5. The first kappa shape index (κ1) is 25.5. The highest BCUT2D eigenvalue weighted by atomic mass is 16.5. The number of carbonyl (C=O) groups is 1. The Kier molecular flexibility index (Phi) is 7.44. The van der Waals surface area contributed by atoms with E-state index in [-0.39, 0.29) is 11.5 Å². The molecule has 2 aromatic carbocycles. The summed E-state index contributed by atoms with van der Waals surface area (Å²) in [6, 6.07) is 15.6. The number of ether oxygens (including phenoxy) is 1. The lowest BCUT2D eigenvalue weighted by Crippen LogP contribution is -2.48. The molecule has 0 unspecified atom stereocenters. The highest BCUT2D eigenvalue weighted by molar-refractivity contribution is 5.96. The number of amides is 1. The Morgan fingerprint density at radius 1 is 1.03 bits per heavy atom. The second-order valence-electron chi connectivity index (χ2n) is 9.61. The van der Waals surface area contributed by atoms with Gasteiger partial charge in [-0.25, -0.2) is 4.98 Å². The van der Waals surface area contributed by atoms with Gasteiger partial charge >= 0.3 is 0 Å². The fourth-order valence-electron chi connectivity index (χ4n) is 4.95. The second kappa shape index (κ2) is 11.1. The van der Waals surface area contributed by atoms with Crippen molar-refractivity contribution in [2.24, 2.45) is 7.05 Å². The number of hydrogen-bond acceptors (Lipinski definition) is 6. The first-order valence-electron chi connectivity index (χ1n) is 13.3. The molecule has 1 aliphatic rings. The molecule has 1 N–H and O–H groups in total. The molecule has 5 rings (SSSR count). The quantitative estimate of drug-likeness (QED) is 0.381. The SMILES string of the molecule is CCCOc1ccc(C(=O)N2CCN(c3ccccc3)CC2)cc1-c1nc2c(CCC)nn(C)c2c(=O)[nH]1. The van der Waals surface area contributed by atoms with Gasteiger partial charge in [-0.3, -0.25) is 14.3 Å². The van der Waals surface area contributed by atoms with E-state index < -0.39 is 0 Å². The van der Waals surface area contributed by atoms with Gasteiger partial charge < -0.3 is 19.5 Å². The lowest BCUT2D eigenvalue weighted by molar-refractivity contribution is 0.0747. The number of benzene rings is 2. The van der Waals surface area contributed by atoms with Crippen LogP contribution in [0.4, 0.5) is 5.69 Å². The maximum absolute atomic E-state index is 13.5. The smallest absolute Gasteiger partial charge is 0.277 e. The lowest BCUT2D eigenvalue weighted by Gasteiger charge is -2.36. The van der Waals surface area contributed by atoms with Gasteiger partial charge in [-0.15, -0.1) is 0 Å². The van der Waals surface area contributed by atoms with Gasteiger partial charge in [-0.05, 0) is 43.2 Å². The van der Waals surface area contributed by atoms with Gasteiger partial charge in [0.1, 0.15) is 17.1 Å². The number of carbonyl (C=O) groups excluding carboxylic acids is 1. The van der Waals surface area contributed by atoms with Crippen molar-refractivity contribution in [2.45, 2.75) is 33.1 Å². The standard InChI is InChI=1S/C29H34N6O3/c1-4-9-23-25-26(33(3)32-23)28(36)31-27(30-25)22-19-20(12-13-24(22)38-18-5-2)29(37)35-16-14-34(15-17-35)21-10-7-6-8-11-21/h6-8,10-13,19H,4-5,9,14-18H2,1-3H3,(H,30,31,36). The molecule has 0 atom stereocenters. The third-order valence-electron chi connectivity index (χ3n) is 6.88. The molecule has 3 heterocycles. The van der Waals surface area contributed by atoms with E-state index in [0.29, 0.717) is 53.4 Å². The zero-order valence-electron chi connectivity index (χ0n) is 22.2. The highest BCUT2D eigenvalue weighted by Gasteiger charge is 2.24. The van der Waals surface area contributed by atoms with Crippen molar-refractivity contribution >= 4 is 22.6 Å². The second-order valence-corrected chi connectivity index (χ2v) is 9.61. The lowest BCUT2D eigenvalue weighted by atomic mass is 10.1. The van der Waals surface area contributed by atoms with Crippen LogP contribution in [0, 0.1) is 0 Å². The number of aromatic nitrogens is 4. The molecule has 38 heavy (non-hydrogen) atoms. The van der Waals surface area contributed by atoms with Crippen LogP contribution >= 0.6 is 0 Å². The van der Waals surface area contributed by atoms with Crippen LogP contribution < -0.4 is 15.2 Å². The molecule has 2 aromatic heterocycles. The molecule has 1 aliphatic heterocycles. The van der Waals surface area contributed by atoms with Gasteiger partial charge in [0.25, 0.3) is 11.5 Å². The van der Waals surface area contributed by atoms with Crippen LogP contribution in [0.15, 0.2) is 53.3 Å². The molecule has 1 fully saturated rings. The third-order valence-corrected chi connectivity index (χ3v) is 6.88. The summed E-state index contributed by atoms with van der Waals surface area (Å²) >= 11 is 0. The van der Waals surface area contributed by atoms with E-state index in [0.717, 1.165) is 38.0 Å². The number of nitrogens with zero attached hydrogens (tertiary/aromatic N) is 5. The zero-order valence-corrected chi connectivity index (χ0v) is 22.2. The van der Waals surface area contributed by atoms with Crippen molar-refractivity contribution in [2.75, 3.05) is 37.7 Å². The molecule has 9 nitrogen and oxygen atoms in total. The molecule has 0 aliphatic carbocycles. The molecule has 0 bridgehead atoms. The van der Waals surface area contributed by atoms with Gasteiger partial charge in [0, 0.05) is 44.5 Å². The largest absolute Gasteiger partial charge is 0.493 e. The number of hydrogen-bond donors (Lipinski definition) is 1. The predicted octanol–water partition coefficient (Wildman–Crippen LogP) is 4.03. The van der Waals surface area contributed by atoms with Crippen LogP contribution in [0.1, 0.15) is 42.7 Å². The third kappa shape index (κ3) is 5.01. The van der Waals surface area contributed by atoms with Crippen molar-refractivity contribution in [3.63, 3.8) is 0 Å². The maximum Gasteiger partial charge on any atom is 0.277 e. The number of aryl methyl sites for hydroxylation is 2. The molecule has 9 heteroatoms. The summed E-state index contributed by atoms with van der Waals surface area (Å²) in [6.45, 7) is 7.43. The fourth-order valence-corrected chi connectivity index (χ4v) is 4.95. The first-order chi connectivity index (χ1) is 18.5. The summed E-state index contributed by atoms with van der Waals surface area (Å²) in [6.07, 6.45) is 2.44. The van der Waals surface area contributed by atoms with E-state index in [9.17, 15) is 9.59 Å². The molecule has 1 saturated heterocycles. The van der Waals surface area contributed by atoms with Crippen LogP contribution in [0.2, 0.25) is 0 Å². The van der Waals surface area contributed by atoms with E-state index in [1.54, 1.807) is 29.9 Å². The van der Waals surface area contributed by atoms with Crippen molar-refractivity contribution in [1.29, 1.82) is 0 Å². The van der Waals surface area contributed by atoms with Crippen LogP contribution in [0.5, 0.6) is 5.75 Å². The normalized spacial score (nSPS) is 13.8. The number of anilines is 1. The Labute approximate surface area is 222 Å². The monoisotopic (exact) mass is 514 g/mol. The summed E-state index contributed by atoms with van der Waals surface area (Å²) in [5.41, 5.74) is 3.86. The highest BCUT2D eigenvalue weighted by Crippen LogP contribution is 2.30. The number of fused-ring (bicyclic) bond motifs is 1. The van der Waals surface area contributed by atoms with E-state index in [1.807, 2.05) is 30.0 Å². The zero-order chi connectivity index (χ0) is 26.6. The van der Waals surface area contributed by atoms with Crippen LogP contribution in [-0.2, 0) is 13.5 Å². The number of H-pyrrole nitrogens is 1. The minimum Gasteiger partial charge on any atom is -0.493 e. The Balaban J connectivity index is 1.47. The van der Waals surface area contributed by atoms with Crippen LogP contribution in [0.25, 0.3) is 22.4 Å². The molecule has 0 radical (unpaired) electrons. The van der Waals surface area contributed by atoms with E-state index in [1.165, 1.54) is 5.69 Å². The van der Waals surface area contributed by atoms with Gasteiger partial charge in [-0.1, -0.05) is 38.5 Å². The molecule has 4 aromatic rings. The molecular formula is C29H34N6O3. The van der Waals surface area contributed by atoms with E-state index >= 15 is 0 Å². The molecule has 198 valence electrons. The first-order valence-corrected chi connectivity index (χ1v) is 13.3. The Hall–Kier alpha value is -4.14. The Morgan fingerprint density at radius 2 is 1.79 bits per heavy atom. The minimum atomic E-state index is -0.266.